The van der Waals surface area contributed by atoms with Crippen molar-refractivity contribution in [2.45, 2.75) is 42.8 Å². The summed E-state index contributed by atoms with van der Waals surface area (Å²) in [7, 11) is 0. The van der Waals surface area contributed by atoms with Gasteiger partial charge in [0.05, 0.1) is 10.8 Å². The molecule has 1 atom stereocenters. The average molecular weight is 269 g/mol. The van der Waals surface area contributed by atoms with Crippen LogP contribution in [0.15, 0.2) is 0 Å². The van der Waals surface area contributed by atoms with E-state index in [4.69, 9.17) is 5.11 Å². The van der Waals surface area contributed by atoms with Gasteiger partial charge in [-0.1, -0.05) is 0 Å². The maximum Gasteiger partial charge on any atom is 0.391 e. The highest BCUT2D eigenvalue weighted by Crippen LogP contribution is 2.47. The Morgan fingerprint density at radius 1 is 1.35 bits per heavy atom. The van der Waals surface area contributed by atoms with E-state index >= 15 is 0 Å². The summed E-state index contributed by atoms with van der Waals surface area (Å²) in [6.45, 7) is 0. The van der Waals surface area contributed by atoms with E-state index in [2.05, 4.69) is 5.32 Å². The first-order chi connectivity index (χ1) is 7.82. The summed E-state index contributed by atoms with van der Waals surface area (Å²) in [6, 6.07) is -0.623. The number of alkyl halides is 3. The van der Waals surface area contributed by atoms with Gasteiger partial charge in [-0.05, 0) is 25.7 Å². The highest BCUT2D eigenvalue weighted by atomic mass is 32.2. The lowest BCUT2D eigenvalue weighted by Gasteiger charge is -2.37. The number of halogens is 3. The molecule has 1 saturated carbocycles. The summed E-state index contributed by atoms with van der Waals surface area (Å²) in [5.74, 6) is -1.71. The normalized spacial score (nSPS) is 38.5. The predicted molar refractivity (Wildman–Crippen MR) is 57.8 cm³/mol. The fourth-order valence-corrected chi connectivity index (χ4v) is 3.94. The van der Waals surface area contributed by atoms with E-state index in [1.165, 1.54) is 11.8 Å². The average Bonchev–Trinajstić information content (AvgIpc) is 2.62. The van der Waals surface area contributed by atoms with Gasteiger partial charge in [-0.3, -0.25) is 10.1 Å². The molecule has 17 heavy (non-hydrogen) atoms. The molecule has 0 aromatic rings. The van der Waals surface area contributed by atoms with Crippen molar-refractivity contribution >= 4 is 17.7 Å². The van der Waals surface area contributed by atoms with Crippen LogP contribution in [0.1, 0.15) is 25.7 Å². The van der Waals surface area contributed by atoms with Gasteiger partial charge in [-0.2, -0.15) is 13.2 Å². The Morgan fingerprint density at radius 2 is 1.94 bits per heavy atom. The number of thioether (sulfide) groups is 1. The van der Waals surface area contributed by atoms with Crippen LogP contribution in [-0.2, 0) is 4.79 Å². The van der Waals surface area contributed by atoms with E-state index in [-0.39, 0.29) is 12.8 Å². The first-order valence-electron chi connectivity index (χ1n) is 5.54. The Morgan fingerprint density at radius 3 is 2.35 bits per heavy atom. The molecule has 98 valence electrons. The van der Waals surface area contributed by atoms with Crippen LogP contribution < -0.4 is 5.32 Å². The highest BCUT2D eigenvalue weighted by molar-refractivity contribution is 8.00. The fraction of sp³-hybridized carbons (Fsp3) is 0.900. The molecule has 7 heteroatoms. The van der Waals surface area contributed by atoms with Gasteiger partial charge >= 0.3 is 12.1 Å². The number of carboxylic acid groups (broad SMARTS) is 1. The molecule has 0 aromatic heterocycles. The third kappa shape index (κ3) is 2.70. The van der Waals surface area contributed by atoms with Crippen molar-refractivity contribution in [1.82, 2.24) is 5.32 Å². The minimum atomic E-state index is -4.11. The van der Waals surface area contributed by atoms with Crippen LogP contribution >= 0.6 is 11.8 Å². The van der Waals surface area contributed by atoms with E-state index in [1.54, 1.807) is 0 Å². The Labute approximate surface area is 101 Å². The van der Waals surface area contributed by atoms with Crippen molar-refractivity contribution in [3.05, 3.63) is 0 Å². The number of carboxylic acids is 1. The third-order valence-corrected chi connectivity index (χ3v) is 5.10. The molecule has 2 N–H and O–H groups in total. The summed E-state index contributed by atoms with van der Waals surface area (Å²) < 4.78 is 37.5. The van der Waals surface area contributed by atoms with Gasteiger partial charge in [-0.25, -0.2) is 0 Å². The van der Waals surface area contributed by atoms with E-state index in [0.29, 0.717) is 18.6 Å². The van der Waals surface area contributed by atoms with Crippen LogP contribution in [0.25, 0.3) is 0 Å². The van der Waals surface area contributed by atoms with Crippen molar-refractivity contribution in [3.63, 3.8) is 0 Å². The monoisotopic (exact) mass is 269 g/mol. The Balaban J connectivity index is 1.93. The molecule has 0 bridgehead atoms. The molecule has 2 rings (SSSR count). The lowest BCUT2D eigenvalue weighted by Crippen LogP contribution is -2.48. The minimum absolute atomic E-state index is 0.0931. The molecule has 1 spiro atoms. The van der Waals surface area contributed by atoms with Gasteiger partial charge in [0.1, 0.15) is 6.04 Å². The fourth-order valence-electron chi connectivity index (χ4n) is 2.48. The summed E-state index contributed by atoms with van der Waals surface area (Å²) in [5, 5.41) is 11.8. The first kappa shape index (κ1) is 13.0. The van der Waals surface area contributed by atoms with Gasteiger partial charge in [0.15, 0.2) is 0 Å². The molecule has 2 fully saturated rings. The Kier molecular flexibility index (Phi) is 3.33. The number of nitrogens with one attached hydrogen (secondary N) is 1. The smallest absolute Gasteiger partial charge is 0.391 e. The number of rotatable bonds is 1. The van der Waals surface area contributed by atoms with Crippen LogP contribution in [-0.4, -0.2) is 33.9 Å². The van der Waals surface area contributed by atoms with Crippen LogP contribution in [0.4, 0.5) is 13.2 Å². The quantitative estimate of drug-likeness (QED) is 0.766. The zero-order valence-corrected chi connectivity index (χ0v) is 9.90. The van der Waals surface area contributed by atoms with Crippen molar-refractivity contribution in [1.29, 1.82) is 0 Å². The SMILES string of the molecule is O=C(O)[C@H]1CSC2(CCC(C(F)(F)F)CC2)N1. The molecule has 0 unspecified atom stereocenters. The van der Waals surface area contributed by atoms with Gasteiger partial charge in [0.25, 0.3) is 0 Å². The Bertz CT molecular complexity index is 313. The molecular weight excluding hydrogens is 255 g/mol. The van der Waals surface area contributed by atoms with E-state index < -0.39 is 29.0 Å². The maximum atomic E-state index is 12.5. The van der Waals surface area contributed by atoms with Gasteiger partial charge < -0.3 is 5.11 Å². The van der Waals surface area contributed by atoms with E-state index in [9.17, 15) is 18.0 Å². The van der Waals surface area contributed by atoms with E-state index in [1.807, 2.05) is 0 Å². The third-order valence-electron chi connectivity index (χ3n) is 3.52. The van der Waals surface area contributed by atoms with Crippen molar-refractivity contribution < 1.29 is 23.1 Å². The summed E-state index contributed by atoms with van der Waals surface area (Å²) in [5.41, 5.74) is 0. The van der Waals surface area contributed by atoms with Gasteiger partial charge in [-0.15, -0.1) is 11.8 Å². The molecule has 0 radical (unpaired) electrons. The minimum Gasteiger partial charge on any atom is -0.480 e. The number of aliphatic carboxylic acids is 1. The molecule has 0 aromatic carbocycles. The first-order valence-corrected chi connectivity index (χ1v) is 6.52. The molecule has 1 saturated heterocycles. The largest absolute Gasteiger partial charge is 0.480 e. The number of hydrogen-bond acceptors (Lipinski definition) is 3. The predicted octanol–water partition coefficient (Wildman–Crippen LogP) is 2.22. The standard InChI is InChI=1S/C10H14F3NO2S/c11-10(12,13)6-1-3-9(4-2-6)14-7(5-17-9)8(15)16/h6-7,14H,1-5H2,(H,15,16)/t6?,7-,9?/m1/s1. The molecule has 1 heterocycles. The maximum absolute atomic E-state index is 12.5. The van der Waals surface area contributed by atoms with Crippen LogP contribution in [0, 0.1) is 5.92 Å². The second kappa shape index (κ2) is 4.35. The van der Waals surface area contributed by atoms with Crippen molar-refractivity contribution in [2.75, 3.05) is 5.75 Å². The van der Waals surface area contributed by atoms with Crippen molar-refractivity contribution in [3.8, 4) is 0 Å². The zero-order chi connectivity index (χ0) is 12.7. The van der Waals surface area contributed by atoms with Crippen LogP contribution in [0.2, 0.25) is 0 Å². The van der Waals surface area contributed by atoms with Crippen LogP contribution in [0.3, 0.4) is 0 Å². The number of hydrogen-bond donors (Lipinski definition) is 2. The van der Waals surface area contributed by atoms with Crippen molar-refractivity contribution in [2.24, 2.45) is 5.92 Å². The lowest BCUT2D eigenvalue weighted by atomic mass is 9.85. The molecule has 1 aliphatic heterocycles. The Hall–Kier alpha value is -0.430. The molecule has 3 nitrogen and oxygen atoms in total. The van der Waals surface area contributed by atoms with Crippen LogP contribution in [0.5, 0.6) is 0 Å². The summed E-state index contributed by atoms with van der Waals surface area (Å²) >= 11 is 1.46. The van der Waals surface area contributed by atoms with E-state index in [0.717, 1.165) is 0 Å². The summed E-state index contributed by atoms with van der Waals surface area (Å²) in [6.07, 6.45) is -3.14. The number of carbonyl (C=O) groups is 1. The highest BCUT2D eigenvalue weighted by Gasteiger charge is 2.49. The second-order valence-electron chi connectivity index (χ2n) is 4.66. The summed E-state index contributed by atoms with van der Waals surface area (Å²) in [4.78, 5) is 10.4. The second-order valence-corrected chi connectivity index (χ2v) is 6.06. The lowest BCUT2D eigenvalue weighted by molar-refractivity contribution is -0.183. The molecule has 1 aliphatic carbocycles. The zero-order valence-electron chi connectivity index (χ0n) is 9.09. The molecule has 0 amide bonds. The molecular formula is C10H14F3NO2S. The van der Waals surface area contributed by atoms with Gasteiger partial charge in [0.2, 0.25) is 0 Å². The topological polar surface area (TPSA) is 49.3 Å². The van der Waals surface area contributed by atoms with Gasteiger partial charge in [0, 0.05) is 5.75 Å². The molecule has 2 aliphatic rings.